The Morgan fingerprint density at radius 3 is 1.89 bits per heavy atom. The molecule has 27 heavy (non-hydrogen) atoms. The van der Waals surface area contributed by atoms with Crippen LogP contribution in [0.15, 0.2) is 0 Å². The van der Waals surface area contributed by atoms with Gasteiger partial charge in [-0.1, -0.05) is 0 Å². The van der Waals surface area contributed by atoms with Crippen LogP contribution in [0.3, 0.4) is 0 Å². The number of hydrogen-bond acceptors (Lipinski definition) is 14. The van der Waals surface area contributed by atoms with Crippen LogP contribution in [0, 0.1) is 10.1 Å². The molecular formula is C12H21NO14. The molecule has 2 rings (SSSR count). The second-order valence-electron chi connectivity index (χ2n) is 6.03. The zero-order chi connectivity index (χ0) is 20.6. The van der Waals surface area contributed by atoms with Crippen molar-refractivity contribution in [2.45, 2.75) is 54.5 Å². The number of rotatable bonds is 7. The van der Waals surface area contributed by atoms with Gasteiger partial charge in [-0.05, 0) is 0 Å². The summed E-state index contributed by atoms with van der Waals surface area (Å²) < 4.78 is 15.0. The van der Waals surface area contributed by atoms with Gasteiger partial charge in [-0.25, -0.2) is 4.84 Å². The lowest BCUT2D eigenvalue weighted by molar-refractivity contribution is -0.828. The van der Waals surface area contributed by atoms with Crippen molar-refractivity contribution < 1.29 is 65.0 Å². The van der Waals surface area contributed by atoms with Gasteiger partial charge in [0.2, 0.25) is 5.79 Å². The second kappa shape index (κ2) is 8.02. The van der Waals surface area contributed by atoms with Crippen LogP contribution in [0.5, 0.6) is 0 Å². The fraction of sp³-hybridized carbons (Fsp3) is 1.00. The fourth-order valence-electron chi connectivity index (χ4n) is 2.89. The van der Waals surface area contributed by atoms with E-state index in [1.54, 1.807) is 0 Å². The summed E-state index contributed by atoms with van der Waals surface area (Å²) in [5, 5.41) is 87.1. The zero-order valence-electron chi connectivity index (χ0n) is 13.6. The molecule has 2 saturated heterocycles. The summed E-state index contributed by atoms with van der Waals surface area (Å²) >= 11 is 0. The highest BCUT2D eigenvalue weighted by Gasteiger charge is 2.65. The van der Waals surface area contributed by atoms with Gasteiger partial charge in [0.15, 0.2) is 6.10 Å². The van der Waals surface area contributed by atoms with Gasteiger partial charge in [-0.3, -0.25) is 4.74 Å². The second-order valence-corrected chi connectivity index (χ2v) is 6.03. The Labute approximate surface area is 150 Å². The van der Waals surface area contributed by atoms with E-state index in [1.165, 1.54) is 0 Å². The van der Waals surface area contributed by atoms with Crippen molar-refractivity contribution >= 4 is 0 Å². The summed E-state index contributed by atoms with van der Waals surface area (Å²) in [5.74, 6) is -5.99. The van der Waals surface area contributed by atoms with Gasteiger partial charge in [0, 0.05) is 0 Å². The van der Waals surface area contributed by atoms with Gasteiger partial charge in [-0.15, -0.1) is 10.1 Å². The maximum absolute atomic E-state index is 10.9. The van der Waals surface area contributed by atoms with E-state index in [0.29, 0.717) is 0 Å². The lowest BCUT2D eigenvalue weighted by atomic mass is 9.97. The molecule has 0 saturated carbocycles. The maximum Gasteiger partial charge on any atom is 0.357 e. The fourth-order valence-corrected chi connectivity index (χ4v) is 2.89. The van der Waals surface area contributed by atoms with Gasteiger partial charge in [0.1, 0.15) is 43.2 Å². The highest BCUT2D eigenvalue weighted by molar-refractivity contribution is 5.00. The molecule has 0 aliphatic carbocycles. The first-order valence-corrected chi connectivity index (χ1v) is 7.69. The van der Waals surface area contributed by atoms with Crippen LogP contribution >= 0.6 is 0 Å². The van der Waals surface area contributed by atoms with Crippen molar-refractivity contribution in [3.05, 3.63) is 10.1 Å². The van der Waals surface area contributed by atoms with Gasteiger partial charge in [0.05, 0.1) is 13.2 Å². The first kappa shape index (κ1) is 22.1. The van der Waals surface area contributed by atoms with E-state index in [9.17, 15) is 45.9 Å². The smallest absolute Gasteiger partial charge is 0.357 e. The van der Waals surface area contributed by atoms with E-state index in [4.69, 9.17) is 19.3 Å². The Balaban J connectivity index is 2.45. The molecule has 15 heteroatoms. The Hall–Kier alpha value is -1.24. The molecule has 0 amide bonds. The van der Waals surface area contributed by atoms with Crippen molar-refractivity contribution in [3.8, 4) is 0 Å². The third-order valence-electron chi connectivity index (χ3n) is 4.34. The minimum atomic E-state index is -3.29. The van der Waals surface area contributed by atoms with Crippen LogP contribution in [0.1, 0.15) is 0 Å². The van der Waals surface area contributed by atoms with Gasteiger partial charge in [-0.2, -0.15) is 0 Å². The number of aliphatic hydroxyl groups excluding tert-OH is 8. The molecule has 0 bridgehead atoms. The molecule has 9 atom stereocenters. The molecule has 0 aromatic carbocycles. The quantitative estimate of drug-likeness (QED) is 0.112. The van der Waals surface area contributed by atoms with E-state index in [0.717, 1.165) is 0 Å². The lowest BCUT2D eigenvalue weighted by Gasteiger charge is -2.48. The zero-order valence-corrected chi connectivity index (χ0v) is 13.6. The number of hydrogen-bond donors (Lipinski definition) is 8. The number of ether oxygens (including phenoxy) is 3. The average molecular weight is 403 g/mol. The van der Waals surface area contributed by atoms with Crippen molar-refractivity contribution in [1.82, 2.24) is 0 Å². The highest BCUT2D eigenvalue weighted by atomic mass is 17.1. The van der Waals surface area contributed by atoms with E-state index in [-0.39, 0.29) is 0 Å². The normalized spacial score (nSPS) is 47.8. The topological polar surface area (TPSA) is 242 Å². The van der Waals surface area contributed by atoms with Gasteiger partial charge < -0.3 is 50.3 Å². The molecule has 0 spiro atoms. The number of aliphatic hydroxyl groups is 8. The monoisotopic (exact) mass is 403 g/mol. The average Bonchev–Trinajstić information content (AvgIpc) is 2.87. The van der Waals surface area contributed by atoms with Crippen LogP contribution in [-0.4, -0.2) is 120 Å². The summed E-state index contributed by atoms with van der Waals surface area (Å²) in [4.78, 5) is 15.1. The van der Waals surface area contributed by atoms with Crippen LogP contribution in [0.2, 0.25) is 0 Å². The summed E-state index contributed by atoms with van der Waals surface area (Å²) in [5.41, 5.74) is 0. The summed E-state index contributed by atoms with van der Waals surface area (Å²) in [6.45, 7) is -3.13. The van der Waals surface area contributed by atoms with E-state index in [2.05, 4.69) is 4.84 Å². The van der Waals surface area contributed by atoms with Gasteiger partial charge >= 0.3 is 5.97 Å². The summed E-state index contributed by atoms with van der Waals surface area (Å²) in [6.07, 6.45) is -13.8. The third kappa shape index (κ3) is 3.71. The summed E-state index contributed by atoms with van der Waals surface area (Å²) in [6, 6.07) is 0. The Bertz CT molecular complexity index is 534. The molecule has 0 aromatic rings. The lowest BCUT2D eigenvalue weighted by Crippen LogP contribution is -2.70. The standard InChI is InChI=1S/C12H21NO14/c14-1-4-6(17)8(19)10(21)12(25-4,27-13(22)23)26-11(3-16)9(20)7(18)5(2-15)24-11/h4-10,14-21H,1-3H2/t4-,5-,6-,7-,8+,9+,10?,11?,12-/m1/s1. The molecule has 2 fully saturated rings. The van der Waals surface area contributed by atoms with Crippen LogP contribution in [-0.2, 0) is 19.0 Å². The molecule has 2 unspecified atom stereocenters. The molecule has 2 aliphatic rings. The molecule has 0 radical (unpaired) electrons. The first-order valence-electron chi connectivity index (χ1n) is 7.69. The predicted octanol–water partition coefficient (Wildman–Crippen LogP) is -5.86. The van der Waals surface area contributed by atoms with E-state index < -0.39 is 79.4 Å². The SMILES string of the molecule is O=[N+]([O-])O[C@@]1(OC2(CO)O[C@H](CO)[C@@H](O)[C@@H]2O)O[C@H](CO)[C@@H](O)[C@H](O)C1O. The molecule has 2 aliphatic heterocycles. The molecular weight excluding hydrogens is 382 g/mol. The molecule has 158 valence electrons. The van der Waals surface area contributed by atoms with E-state index >= 15 is 0 Å². The van der Waals surface area contributed by atoms with Gasteiger partial charge in [0.25, 0.3) is 5.09 Å². The van der Waals surface area contributed by atoms with Crippen molar-refractivity contribution in [2.24, 2.45) is 0 Å². The minimum absolute atomic E-state index is 0.851. The van der Waals surface area contributed by atoms with Crippen molar-refractivity contribution in [3.63, 3.8) is 0 Å². The van der Waals surface area contributed by atoms with Crippen molar-refractivity contribution in [1.29, 1.82) is 0 Å². The van der Waals surface area contributed by atoms with E-state index in [1.807, 2.05) is 0 Å². The Morgan fingerprint density at radius 2 is 1.44 bits per heavy atom. The molecule has 2 heterocycles. The van der Waals surface area contributed by atoms with Crippen LogP contribution in [0.25, 0.3) is 0 Å². The third-order valence-corrected chi connectivity index (χ3v) is 4.34. The minimum Gasteiger partial charge on any atom is -0.394 e. The molecule has 15 nitrogen and oxygen atoms in total. The predicted molar refractivity (Wildman–Crippen MR) is 75.7 cm³/mol. The molecule has 0 aromatic heterocycles. The molecule has 8 N–H and O–H groups in total. The van der Waals surface area contributed by atoms with Crippen LogP contribution < -0.4 is 0 Å². The largest absolute Gasteiger partial charge is 0.394 e. The highest BCUT2D eigenvalue weighted by Crippen LogP contribution is 2.41. The van der Waals surface area contributed by atoms with Crippen LogP contribution in [0.4, 0.5) is 0 Å². The Kier molecular flexibility index (Phi) is 6.55. The maximum atomic E-state index is 10.9. The number of nitrogens with zero attached hydrogens (tertiary/aromatic N) is 1. The van der Waals surface area contributed by atoms with Crippen molar-refractivity contribution in [2.75, 3.05) is 19.8 Å². The summed E-state index contributed by atoms with van der Waals surface area (Å²) in [7, 11) is 0. The first-order chi connectivity index (χ1) is 12.6. The Morgan fingerprint density at radius 1 is 0.889 bits per heavy atom.